The minimum absolute atomic E-state index is 0.314. The van der Waals surface area contributed by atoms with Crippen LogP contribution in [0.15, 0.2) is 77.5 Å². The number of aromatic nitrogens is 1. The van der Waals surface area contributed by atoms with Crippen molar-refractivity contribution in [2.75, 3.05) is 0 Å². The van der Waals surface area contributed by atoms with Gasteiger partial charge in [0.2, 0.25) is 0 Å². The standard InChI is InChI=1S/C24H20BrNO5/c25-16-8-6-15(7-9-16)24-21(14-4-2-1-3-5-14)17(12-20(27)28)22(29)23(24,30)18-10-11-26-13-19(18)31-24/h1-11,13,17,21-22,29-30H,12H2,(H,27,28)/t17-,21-,22-,23+,24+/m1/s1. The van der Waals surface area contributed by atoms with Crippen molar-refractivity contribution in [3.63, 3.8) is 0 Å². The summed E-state index contributed by atoms with van der Waals surface area (Å²) in [5.74, 6) is -2.08. The molecule has 3 aromatic rings. The molecule has 0 amide bonds. The molecule has 2 heterocycles. The third-order valence-electron chi connectivity index (χ3n) is 6.57. The average Bonchev–Trinajstić information content (AvgIpc) is 3.13. The van der Waals surface area contributed by atoms with Crippen LogP contribution in [-0.4, -0.2) is 32.4 Å². The van der Waals surface area contributed by atoms with Crippen LogP contribution in [-0.2, 0) is 16.0 Å². The molecule has 158 valence electrons. The molecule has 1 aliphatic heterocycles. The number of carbonyl (C=O) groups is 1. The molecule has 5 rings (SSSR count). The molecule has 0 spiro atoms. The Balaban J connectivity index is 1.84. The number of aliphatic hydroxyl groups excluding tert-OH is 1. The van der Waals surface area contributed by atoms with Gasteiger partial charge in [-0.25, -0.2) is 0 Å². The van der Waals surface area contributed by atoms with Gasteiger partial charge < -0.3 is 20.1 Å². The number of rotatable bonds is 4. The zero-order valence-corrected chi connectivity index (χ0v) is 17.9. The highest BCUT2D eigenvalue weighted by atomic mass is 79.9. The smallest absolute Gasteiger partial charge is 0.303 e. The second kappa shape index (κ2) is 7.15. The maximum atomic E-state index is 12.2. The van der Waals surface area contributed by atoms with Gasteiger partial charge in [-0.2, -0.15) is 0 Å². The van der Waals surface area contributed by atoms with Gasteiger partial charge in [-0.15, -0.1) is 0 Å². The number of benzene rings is 2. The molecule has 0 radical (unpaired) electrons. The Labute approximate surface area is 187 Å². The van der Waals surface area contributed by atoms with Crippen molar-refractivity contribution < 1.29 is 24.9 Å². The van der Waals surface area contributed by atoms with E-state index in [0.717, 1.165) is 10.0 Å². The third-order valence-corrected chi connectivity index (χ3v) is 7.10. The number of aliphatic hydroxyl groups is 2. The number of pyridine rings is 1. The zero-order chi connectivity index (χ0) is 21.8. The lowest BCUT2D eigenvalue weighted by atomic mass is 9.70. The van der Waals surface area contributed by atoms with Gasteiger partial charge in [0.05, 0.1) is 18.7 Å². The fourth-order valence-electron chi connectivity index (χ4n) is 5.43. The summed E-state index contributed by atoms with van der Waals surface area (Å²) in [5.41, 5.74) is -1.45. The Kier molecular flexibility index (Phi) is 4.66. The van der Waals surface area contributed by atoms with Crippen molar-refractivity contribution in [2.24, 2.45) is 5.92 Å². The van der Waals surface area contributed by atoms with Gasteiger partial charge in [-0.3, -0.25) is 9.78 Å². The summed E-state index contributed by atoms with van der Waals surface area (Å²) in [5, 5.41) is 33.4. The first-order valence-corrected chi connectivity index (χ1v) is 10.8. The van der Waals surface area contributed by atoms with E-state index in [9.17, 15) is 20.1 Å². The molecule has 0 unspecified atom stereocenters. The molecule has 5 atom stereocenters. The van der Waals surface area contributed by atoms with Crippen LogP contribution in [0.2, 0.25) is 0 Å². The van der Waals surface area contributed by atoms with E-state index in [1.165, 1.54) is 12.4 Å². The number of carboxylic acid groups (broad SMARTS) is 1. The maximum absolute atomic E-state index is 12.2. The summed E-state index contributed by atoms with van der Waals surface area (Å²) in [4.78, 5) is 15.9. The van der Waals surface area contributed by atoms with Crippen LogP contribution in [0.3, 0.4) is 0 Å². The topological polar surface area (TPSA) is 99.9 Å². The van der Waals surface area contributed by atoms with Crippen molar-refractivity contribution in [1.29, 1.82) is 0 Å². The molecular formula is C24H20BrNO5. The molecule has 0 saturated heterocycles. The highest BCUT2D eigenvalue weighted by Gasteiger charge is 2.76. The van der Waals surface area contributed by atoms with Crippen LogP contribution in [0.4, 0.5) is 0 Å². The van der Waals surface area contributed by atoms with Crippen LogP contribution < -0.4 is 4.74 Å². The fourth-order valence-corrected chi connectivity index (χ4v) is 5.69. The molecule has 0 bridgehead atoms. The Morgan fingerprint density at radius 3 is 2.48 bits per heavy atom. The zero-order valence-electron chi connectivity index (χ0n) is 16.4. The minimum Gasteiger partial charge on any atom is -0.481 e. The quantitative estimate of drug-likeness (QED) is 0.526. The fraction of sp³-hybridized carbons (Fsp3) is 0.250. The Bertz CT molecular complexity index is 1140. The van der Waals surface area contributed by atoms with Crippen molar-refractivity contribution in [1.82, 2.24) is 4.98 Å². The lowest BCUT2D eigenvalue weighted by molar-refractivity contribution is -0.153. The molecule has 31 heavy (non-hydrogen) atoms. The number of hydrogen-bond acceptors (Lipinski definition) is 5. The third kappa shape index (κ3) is 2.70. The first-order valence-electron chi connectivity index (χ1n) is 9.96. The SMILES string of the molecule is O=C(O)C[C@H]1[C@@H](O)[C@@]2(O)c3ccncc3O[C@@]2(c2ccc(Br)cc2)[C@@H]1c1ccccc1. The largest absolute Gasteiger partial charge is 0.481 e. The Morgan fingerprint density at radius 1 is 1.10 bits per heavy atom. The Morgan fingerprint density at radius 2 is 1.81 bits per heavy atom. The number of halogens is 1. The van der Waals surface area contributed by atoms with E-state index in [2.05, 4.69) is 20.9 Å². The van der Waals surface area contributed by atoms with E-state index < -0.39 is 35.1 Å². The van der Waals surface area contributed by atoms with Crippen molar-refractivity contribution >= 4 is 21.9 Å². The van der Waals surface area contributed by atoms with Crippen molar-refractivity contribution in [3.8, 4) is 5.75 Å². The van der Waals surface area contributed by atoms with Gasteiger partial charge in [-0.1, -0.05) is 58.4 Å². The van der Waals surface area contributed by atoms with Gasteiger partial charge in [-0.05, 0) is 29.3 Å². The van der Waals surface area contributed by atoms with Crippen molar-refractivity contribution in [2.45, 2.75) is 29.6 Å². The number of carboxylic acids is 1. The number of nitrogens with zero attached hydrogens (tertiary/aromatic N) is 1. The average molecular weight is 482 g/mol. The maximum Gasteiger partial charge on any atom is 0.303 e. The van der Waals surface area contributed by atoms with Crippen LogP contribution >= 0.6 is 15.9 Å². The van der Waals surface area contributed by atoms with E-state index in [1.54, 1.807) is 6.07 Å². The van der Waals surface area contributed by atoms with Gasteiger partial charge >= 0.3 is 5.97 Å². The second-order valence-corrected chi connectivity index (χ2v) is 8.99. The van der Waals surface area contributed by atoms with Crippen LogP contribution in [0.25, 0.3) is 0 Å². The van der Waals surface area contributed by atoms with Gasteiger partial charge in [0, 0.05) is 28.1 Å². The summed E-state index contributed by atoms with van der Waals surface area (Å²) in [6, 6.07) is 18.3. The van der Waals surface area contributed by atoms with Crippen molar-refractivity contribution in [3.05, 3.63) is 94.2 Å². The van der Waals surface area contributed by atoms with Gasteiger partial charge in [0.25, 0.3) is 0 Å². The van der Waals surface area contributed by atoms with Gasteiger partial charge in [0.15, 0.2) is 11.2 Å². The van der Waals surface area contributed by atoms with E-state index in [4.69, 9.17) is 4.74 Å². The number of fused-ring (bicyclic) bond motifs is 3. The summed E-state index contributed by atoms with van der Waals surface area (Å²) in [6.07, 6.45) is 1.37. The molecule has 1 fully saturated rings. The monoisotopic (exact) mass is 481 g/mol. The molecule has 7 heteroatoms. The minimum atomic E-state index is -1.86. The summed E-state index contributed by atoms with van der Waals surface area (Å²) in [7, 11) is 0. The number of aliphatic carboxylic acids is 1. The van der Waals surface area contributed by atoms with E-state index >= 15 is 0 Å². The predicted molar refractivity (Wildman–Crippen MR) is 116 cm³/mol. The molecule has 3 N–H and O–H groups in total. The Hall–Kier alpha value is -2.74. The molecule has 1 aliphatic carbocycles. The number of ether oxygens (including phenoxy) is 1. The van der Waals surface area contributed by atoms with Crippen LogP contribution in [0.1, 0.15) is 29.0 Å². The van der Waals surface area contributed by atoms with Crippen LogP contribution in [0, 0.1) is 5.92 Å². The summed E-state index contributed by atoms with van der Waals surface area (Å²) in [6.45, 7) is 0. The molecule has 2 aromatic carbocycles. The molecule has 6 nitrogen and oxygen atoms in total. The normalized spacial score (nSPS) is 31.0. The lowest BCUT2D eigenvalue weighted by Crippen LogP contribution is -2.52. The van der Waals surface area contributed by atoms with Gasteiger partial charge in [0.1, 0.15) is 5.75 Å². The van der Waals surface area contributed by atoms with E-state index in [0.29, 0.717) is 16.9 Å². The number of hydrogen-bond donors (Lipinski definition) is 3. The van der Waals surface area contributed by atoms with Crippen LogP contribution in [0.5, 0.6) is 5.75 Å². The summed E-state index contributed by atoms with van der Waals surface area (Å²) < 4.78 is 7.37. The molecule has 1 saturated carbocycles. The van der Waals surface area contributed by atoms with E-state index in [1.807, 2.05) is 54.6 Å². The molecule has 1 aromatic heterocycles. The lowest BCUT2D eigenvalue weighted by Gasteiger charge is -2.40. The molecular weight excluding hydrogens is 462 g/mol. The highest BCUT2D eigenvalue weighted by Crippen LogP contribution is 2.68. The highest BCUT2D eigenvalue weighted by molar-refractivity contribution is 9.10. The van der Waals surface area contributed by atoms with E-state index in [-0.39, 0.29) is 6.42 Å². The second-order valence-electron chi connectivity index (χ2n) is 8.08. The first-order chi connectivity index (χ1) is 14.9. The summed E-state index contributed by atoms with van der Waals surface area (Å²) >= 11 is 3.44. The first kappa shape index (κ1) is 20.2. The predicted octanol–water partition coefficient (Wildman–Crippen LogP) is 3.57. The molecule has 2 aliphatic rings.